The number of nitrogens with one attached hydrogen (secondary N) is 1. The van der Waals surface area contributed by atoms with Crippen LogP contribution >= 0.6 is 11.3 Å². The van der Waals surface area contributed by atoms with Crippen LogP contribution in [0.25, 0.3) is 33.4 Å². The second-order valence-electron chi connectivity index (χ2n) is 7.54. The number of thiazole rings is 1. The summed E-state index contributed by atoms with van der Waals surface area (Å²) in [6, 6.07) is 19.5. The lowest BCUT2D eigenvalue weighted by atomic mass is 10.1. The Bertz CT molecular complexity index is 1400. The molecule has 164 valence electrons. The van der Waals surface area contributed by atoms with Crippen molar-refractivity contribution in [1.29, 1.82) is 0 Å². The van der Waals surface area contributed by atoms with Crippen molar-refractivity contribution in [3.63, 3.8) is 0 Å². The maximum Gasteiger partial charge on any atom is 0.232 e. The predicted octanol–water partition coefficient (Wildman–Crippen LogP) is 5.36. The van der Waals surface area contributed by atoms with Gasteiger partial charge in [-0.05, 0) is 19.1 Å². The van der Waals surface area contributed by atoms with E-state index in [2.05, 4.69) is 15.3 Å². The van der Waals surface area contributed by atoms with E-state index in [-0.39, 0.29) is 12.3 Å². The fourth-order valence-corrected chi connectivity index (χ4v) is 4.56. The van der Waals surface area contributed by atoms with Gasteiger partial charge in [0.15, 0.2) is 11.0 Å². The van der Waals surface area contributed by atoms with E-state index in [1.54, 1.807) is 6.20 Å². The van der Waals surface area contributed by atoms with Crippen LogP contribution in [0, 0.1) is 6.92 Å². The van der Waals surface area contributed by atoms with E-state index in [1.807, 2.05) is 85.4 Å². The first-order valence-electron chi connectivity index (χ1n) is 10.4. The lowest BCUT2D eigenvalue weighted by Gasteiger charge is -2.02. The molecular formula is C25H21N5O2S. The smallest absolute Gasteiger partial charge is 0.232 e. The molecule has 5 aromatic rings. The summed E-state index contributed by atoms with van der Waals surface area (Å²) in [7, 11) is 1.94. The third kappa shape index (κ3) is 4.33. The molecule has 0 unspecified atom stereocenters. The molecule has 33 heavy (non-hydrogen) atoms. The van der Waals surface area contributed by atoms with Crippen molar-refractivity contribution in [2.75, 3.05) is 5.32 Å². The van der Waals surface area contributed by atoms with E-state index >= 15 is 0 Å². The number of anilines is 1. The zero-order chi connectivity index (χ0) is 22.8. The van der Waals surface area contributed by atoms with E-state index in [4.69, 9.17) is 9.40 Å². The fourth-order valence-electron chi connectivity index (χ4n) is 3.51. The molecule has 0 bridgehead atoms. The number of hydrogen-bond donors (Lipinski definition) is 1. The highest BCUT2D eigenvalue weighted by Crippen LogP contribution is 2.38. The summed E-state index contributed by atoms with van der Waals surface area (Å²) >= 11 is 1.40. The van der Waals surface area contributed by atoms with Crippen LogP contribution in [0.5, 0.6) is 0 Å². The molecule has 0 aliphatic carbocycles. The largest absolute Gasteiger partial charge is 0.441 e. The number of hydrogen-bond acceptors (Lipinski definition) is 6. The van der Waals surface area contributed by atoms with Crippen molar-refractivity contribution in [2.24, 2.45) is 7.05 Å². The number of benzene rings is 2. The standard InChI is InChI=1S/C25H21N5O2S/c1-16-19(27-24(32-16)18-11-7-4-8-12-18)15-20(31)28-25-29-21(17-9-5-3-6-10-17)22(33-25)23-26-13-14-30(23)2/h3-14H,15H2,1-2H3,(H,28,29,31). The zero-order valence-electron chi connectivity index (χ0n) is 18.1. The summed E-state index contributed by atoms with van der Waals surface area (Å²) in [6.45, 7) is 1.82. The second kappa shape index (κ2) is 8.84. The fraction of sp³-hybridized carbons (Fsp3) is 0.120. The molecule has 0 saturated heterocycles. The van der Waals surface area contributed by atoms with Crippen molar-refractivity contribution < 1.29 is 9.21 Å². The van der Waals surface area contributed by atoms with Crippen LogP contribution in [0.4, 0.5) is 5.13 Å². The molecule has 0 fully saturated rings. The SMILES string of the molecule is Cc1oc(-c2ccccc2)nc1CC(=O)Nc1nc(-c2ccccc2)c(-c2nccn2C)s1. The highest BCUT2D eigenvalue weighted by molar-refractivity contribution is 7.19. The Hall–Kier alpha value is -4.04. The van der Waals surface area contributed by atoms with Gasteiger partial charge in [-0.25, -0.2) is 15.0 Å². The number of aromatic nitrogens is 4. The van der Waals surface area contributed by atoms with Gasteiger partial charge in [0, 0.05) is 30.6 Å². The van der Waals surface area contributed by atoms with Gasteiger partial charge in [-0.2, -0.15) is 0 Å². The number of oxazole rings is 1. The average molecular weight is 456 g/mol. The van der Waals surface area contributed by atoms with E-state index in [9.17, 15) is 4.79 Å². The second-order valence-corrected chi connectivity index (χ2v) is 8.54. The van der Waals surface area contributed by atoms with E-state index < -0.39 is 0 Å². The van der Waals surface area contributed by atoms with Gasteiger partial charge >= 0.3 is 0 Å². The number of rotatable bonds is 6. The van der Waals surface area contributed by atoms with Crippen LogP contribution in [0.2, 0.25) is 0 Å². The number of carbonyl (C=O) groups excluding carboxylic acids is 1. The van der Waals surface area contributed by atoms with Crippen molar-refractivity contribution in [2.45, 2.75) is 13.3 Å². The summed E-state index contributed by atoms with van der Waals surface area (Å²) < 4.78 is 7.72. The van der Waals surface area contributed by atoms with Gasteiger partial charge in [0.05, 0.1) is 22.7 Å². The molecule has 8 heteroatoms. The molecule has 1 N–H and O–H groups in total. The first kappa shape index (κ1) is 20.8. The van der Waals surface area contributed by atoms with Crippen LogP contribution in [0.1, 0.15) is 11.5 Å². The summed E-state index contributed by atoms with van der Waals surface area (Å²) in [5.74, 6) is 1.73. The molecule has 3 heterocycles. The van der Waals surface area contributed by atoms with Crippen LogP contribution in [-0.2, 0) is 18.3 Å². The van der Waals surface area contributed by atoms with Gasteiger partial charge in [0.1, 0.15) is 5.76 Å². The summed E-state index contributed by atoms with van der Waals surface area (Å²) in [5.41, 5.74) is 3.23. The lowest BCUT2D eigenvalue weighted by molar-refractivity contribution is -0.115. The van der Waals surface area contributed by atoms with E-state index in [0.717, 1.165) is 27.5 Å². The van der Waals surface area contributed by atoms with Crippen LogP contribution in [0.15, 0.2) is 77.5 Å². The number of nitrogens with zero attached hydrogens (tertiary/aromatic N) is 4. The minimum absolute atomic E-state index is 0.0974. The topological polar surface area (TPSA) is 85.8 Å². The minimum atomic E-state index is -0.203. The highest BCUT2D eigenvalue weighted by Gasteiger charge is 2.20. The van der Waals surface area contributed by atoms with Crippen molar-refractivity contribution in [3.8, 4) is 33.4 Å². The Balaban J connectivity index is 1.40. The van der Waals surface area contributed by atoms with Gasteiger partial charge in [-0.15, -0.1) is 0 Å². The molecule has 2 aromatic carbocycles. The Morgan fingerprint density at radius 3 is 2.39 bits per heavy atom. The molecule has 7 nitrogen and oxygen atoms in total. The Morgan fingerprint density at radius 2 is 1.73 bits per heavy atom. The predicted molar refractivity (Wildman–Crippen MR) is 129 cm³/mol. The molecular weight excluding hydrogens is 434 g/mol. The molecule has 0 radical (unpaired) electrons. The van der Waals surface area contributed by atoms with Crippen LogP contribution in [0.3, 0.4) is 0 Å². The Kier molecular flexibility index (Phi) is 5.58. The normalized spacial score (nSPS) is 11.0. The summed E-state index contributed by atoms with van der Waals surface area (Å²) in [6.07, 6.45) is 3.74. The number of carbonyl (C=O) groups is 1. The molecule has 0 aliphatic rings. The molecule has 0 spiro atoms. The van der Waals surface area contributed by atoms with Crippen LogP contribution < -0.4 is 5.32 Å². The minimum Gasteiger partial charge on any atom is -0.441 e. The molecule has 0 atom stereocenters. The molecule has 1 amide bonds. The summed E-state index contributed by atoms with van der Waals surface area (Å²) in [5, 5.41) is 3.44. The maximum atomic E-state index is 12.8. The van der Waals surface area contributed by atoms with Crippen LogP contribution in [-0.4, -0.2) is 25.4 Å². The zero-order valence-corrected chi connectivity index (χ0v) is 19.0. The molecule has 0 aliphatic heterocycles. The average Bonchev–Trinajstić information content (AvgIpc) is 3.54. The molecule has 0 saturated carbocycles. The quantitative estimate of drug-likeness (QED) is 0.373. The molecule has 5 rings (SSSR count). The van der Waals surface area contributed by atoms with Gasteiger partial charge in [-0.3, -0.25) is 4.79 Å². The number of amides is 1. The lowest BCUT2D eigenvalue weighted by Crippen LogP contribution is -2.15. The van der Waals surface area contributed by atoms with Gasteiger partial charge in [0.25, 0.3) is 0 Å². The Labute approximate surface area is 194 Å². The van der Waals surface area contributed by atoms with Gasteiger partial charge in [0.2, 0.25) is 11.8 Å². The molecule has 3 aromatic heterocycles. The van der Waals surface area contributed by atoms with E-state index in [1.165, 1.54) is 11.3 Å². The summed E-state index contributed by atoms with van der Waals surface area (Å²) in [4.78, 5) is 27.5. The Morgan fingerprint density at radius 1 is 1.03 bits per heavy atom. The number of imidazole rings is 1. The first-order chi connectivity index (χ1) is 16.1. The van der Waals surface area contributed by atoms with Gasteiger partial charge < -0.3 is 14.3 Å². The van der Waals surface area contributed by atoms with Gasteiger partial charge in [-0.1, -0.05) is 59.9 Å². The van der Waals surface area contributed by atoms with Crippen molar-refractivity contribution >= 4 is 22.4 Å². The first-order valence-corrected chi connectivity index (χ1v) is 11.3. The van der Waals surface area contributed by atoms with E-state index in [0.29, 0.717) is 22.5 Å². The van der Waals surface area contributed by atoms with Crippen molar-refractivity contribution in [3.05, 3.63) is 84.5 Å². The highest BCUT2D eigenvalue weighted by atomic mass is 32.1. The third-order valence-electron chi connectivity index (χ3n) is 5.19. The maximum absolute atomic E-state index is 12.8. The monoisotopic (exact) mass is 455 g/mol. The number of aryl methyl sites for hydroxylation is 2. The third-order valence-corrected chi connectivity index (χ3v) is 6.15. The van der Waals surface area contributed by atoms with Crippen molar-refractivity contribution in [1.82, 2.24) is 19.5 Å².